The quantitative estimate of drug-likeness (QED) is 0.177. The summed E-state index contributed by atoms with van der Waals surface area (Å²) in [6.07, 6.45) is -2.59. The van der Waals surface area contributed by atoms with Gasteiger partial charge in [0.2, 0.25) is 0 Å². The number of carbonyl (C=O) groups excluding carboxylic acids is 4. The molecule has 1 aromatic heterocycles. The van der Waals surface area contributed by atoms with E-state index in [9.17, 15) is 37.9 Å². The van der Waals surface area contributed by atoms with Crippen molar-refractivity contribution in [1.82, 2.24) is 15.1 Å². The first kappa shape index (κ1) is 32.9. The number of hydrogen-bond acceptors (Lipinski definition) is 9. The van der Waals surface area contributed by atoms with E-state index in [1.165, 1.54) is 37.4 Å². The van der Waals surface area contributed by atoms with Gasteiger partial charge < -0.3 is 9.84 Å². The zero-order valence-corrected chi connectivity index (χ0v) is 26.8. The van der Waals surface area contributed by atoms with Gasteiger partial charge in [-0.2, -0.15) is 23.2 Å². The van der Waals surface area contributed by atoms with Crippen molar-refractivity contribution in [2.45, 2.75) is 30.4 Å². The van der Waals surface area contributed by atoms with Gasteiger partial charge in [-0.25, -0.2) is 4.98 Å². The maximum absolute atomic E-state index is 15.1. The molecule has 7 rings (SSSR count). The van der Waals surface area contributed by atoms with E-state index in [0.29, 0.717) is 39.0 Å². The molecule has 2 aliphatic carbocycles. The standard InChI is InChI=1S/C33H25Cl2F3N4O7/c1-49-24-11-17(43)6-7-19(24)26-18-8-9-20-25(30(46)42(48)28(20)44)21(18)12-22-29(45)41(31(47)32(22,26)14-2-4-16(34)5-3-14)40-27-23(35)10-15(13-39-27)33(36,37)38/h2-8,10-11,13,20-22,25-26,43,48H,9,12H2,1H3,(H,39,40). The number of hydrazine groups is 1. The zero-order valence-electron chi connectivity index (χ0n) is 25.2. The molecule has 4 aliphatic rings. The third-order valence-corrected chi connectivity index (χ3v) is 10.6. The SMILES string of the molecule is COc1cc(O)ccc1C1C2=CCC3C(=O)N(O)C(=O)C3C2CC2C(=O)N(Nc3ncc(C(F)(F)F)cc3Cl)C(=O)C21c1ccc(Cl)cc1. The second kappa shape index (κ2) is 11.5. The van der Waals surface area contributed by atoms with Crippen LogP contribution in [0, 0.1) is 23.7 Å². The van der Waals surface area contributed by atoms with Crippen molar-refractivity contribution in [2.75, 3.05) is 12.5 Å². The fourth-order valence-electron chi connectivity index (χ4n) is 8.05. The number of fused-ring (bicyclic) bond motifs is 4. The minimum atomic E-state index is -4.76. The molecule has 3 heterocycles. The normalized spacial score (nSPS) is 27.9. The average molecular weight is 717 g/mol. The molecule has 11 nitrogen and oxygen atoms in total. The van der Waals surface area contributed by atoms with Crippen molar-refractivity contribution >= 4 is 52.6 Å². The molecular formula is C33H25Cl2F3N4O7. The van der Waals surface area contributed by atoms with Crippen LogP contribution in [0.25, 0.3) is 0 Å². The number of nitrogens with one attached hydrogen (secondary N) is 1. The number of nitrogens with zero attached hydrogens (tertiary/aromatic N) is 3. The molecule has 254 valence electrons. The lowest BCUT2D eigenvalue weighted by molar-refractivity contribution is -0.173. The molecule has 0 spiro atoms. The van der Waals surface area contributed by atoms with Crippen LogP contribution < -0.4 is 10.2 Å². The van der Waals surface area contributed by atoms with E-state index in [0.717, 1.165) is 0 Å². The van der Waals surface area contributed by atoms with Gasteiger partial charge >= 0.3 is 6.18 Å². The third kappa shape index (κ3) is 4.79. The number of phenols is 1. The molecule has 1 saturated carbocycles. The van der Waals surface area contributed by atoms with Crippen LogP contribution in [0.5, 0.6) is 11.5 Å². The van der Waals surface area contributed by atoms with Crippen molar-refractivity contribution < 1.29 is 47.4 Å². The maximum Gasteiger partial charge on any atom is 0.417 e. The van der Waals surface area contributed by atoms with E-state index in [-0.39, 0.29) is 29.4 Å². The Morgan fingerprint density at radius 3 is 2.37 bits per heavy atom. The van der Waals surface area contributed by atoms with Crippen LogP contribution in [0.2, 0.25) is 10.0 Å². The summed E-state index contributed by atoms with van der Waals surface area (Å²) in [6, 6.07) is 11.1. The highest BCUT2D eigenvalue weighted by Crippen LogP contribution is 2.65. The number of alkyl halides is 3. The first-order chi connectivity index (χ1) is 23.2. The molecule has 3 aromatic rings. The zero-order chi connectivity index (χ0) is 35.2. The van der Waals surface area contributed by atoms with E-state index in [1.54, 1.807) is 18.2 Å². The summed E-state index contributed by atoms with van der Waals surface area (Å²) in [4.78, 5) is 59.7. The Balaban J connectivity index is 1.46. The van der Waals surface area contributed by atoms with Crippen molar-refractivity contribution in [1.29, 1.82) is 0 Å². The molecule has 3 N–H and O–H groups in total. The van der Waals surface area contributed by atoms with E-state index >= 15 is 4.79 Å². The Kier molecular flexibility index (Phi) is 7.69. The lowest BCUT2D eigenvalue weighted by atomic mass is 9.49. The van der Waals surface area contributed by atoms with Crippen molar-refractivity contribution in [3.63, 3.8) is 0 Å². The molecule has 0 bridgehead atoms. The summed E-state index contributed by atoms with van der Waals surface area (Å²) in [6.45, 7) is 0. The van der Waals surface area contributed by atoms with Gasteiger partial charge in [-0.05, 0) is 48.6 Å². The van der Waals surface area contributed by atoms with E-state index in [1.807, 2.05) is 0 Å². The molecule has 6 atom stereocenters. The number of aromatic hydroxyl groups is 1. The number of halogens is 5. The number of benzene rings is 2. The van der Waals surface area contributed by atoms with Gasteiger partial charge in [0.15, 0.2) is 5.82 Å². The molecule has 3 fully saturated rings. The number of imide groups is 2. The Labute approximate surface area is 285 Å². The predicted octanol–water partition coefficient (Wildman–Crippen LogP) is 5.50. The first-order valence-corrected chi connectivity index (χ1v) is 15.7. The highest BCUT2D eigenvalue weighted by Gasteiger charge is 2.70. The number of rotatable bonds is 5. The number of phenolic OH excluding ortho intramolecular Hbond substituents is 1. The molecule has 2 aliphatic heterocycles. The average Bonchev–Trinajstić information content (AvgIpc) is 3.42. The number of aromatic nitrogens is 1. The van der Waals surface area contributed by atoms with Crippen LogP contribution in [-0.4, -0.2) is 56.1 Å². The minimum Gasteiger partial charge on any atom is -0.508 e. The van der Waals surface area contributed by atoms with Crippen molar-refractivity contribution in [3.8, 4) is 11.5 Å². The molecule has 16 heteroatoms. The van der Waals surface area contributed by atoms with Crippen LogP contribution in [0.3, 0.4) is 0 Å². The second-order valence-corrected chi connectivity index (χ2v) is 13.2. The van der Waals surface area contributed by atoms with Crippen molar-refractivity contribution in [3.05, 3.63) is 93.1 Å². The van der Waals surface area contributed by atoms with E-state index in [4.69, 9.17) is 27.9 Å². The highest BCUT2D eigenvalue weighted by atomic mass is 35.5. The molecule has 4 amide bonds. The first-order valence-electron chi connectivity index (χ1n) is 15.0. The minimum absolute atomic E-state index is 0.0472. The summed E-state index contributed by atoms with van der Waals surface area (Å²) >= 11 is 12.4. The molecule has 6 unspecified atom stereocenters. The Bertz CT molecular complexity index is 1970. The summed E-state index contributed by atoms with van der Waals surface area (Å²) in [5, 5.41) is 21.3. The number of hydrogen-bond donors (Lipinski definition) is 3. The van der Waals surface area contributed by atoms with Gasteiger partial charge in [0.1, 0.15) is 11.5 Å². The Morgan fingerprint density at radius 1 is 1.00 bits per heavy atom. The smallest absolute Gasteiger partial charge is 0.417 e. The number of amides is 4. The fourth-order valence-corrected chi connectivity index (χ4v) is 8.38. The monoisotopic (exact) mass is 716 g/mol. The van der Waals surface area contributed by atoms with E-state index in [2.05, 4.69) is 10.4 Å². The largest absolute Gasteiger partial charge is 0.508 e. The predicted molar refractivity (Wildman–Crippen MR) is 165 cm³/mol. The van der Waals surface area contributed by atoms with Crippen LogP contribution in [0.1, 0.15) is 35.4 Å². The molecule has 0 radical (unpaired) electrons. The van der Waals surface area contributed by atoms with Gasteiger partial charge in [-0.3, -0.25) is 29.8 Å². The lowest BCUT2D eigenvalue weighted by Gasteiger charge is -2.50. The maximum atomic E-state index is 15.1. The number of allylic oxidation sites excluding steroid dienone is 2. The number of methoxy groups -OCH3 is 1. The molecule has 49 heavy (non-hydrogen) atoms. The number of carbonyl (C=O) groups is 4. The van der Waals surface area contributed by atoms with Gasteiger partial charge in [0.05, 0.1) is 40.9 Å². The number of hydroxylamine groups is 2. The number of anilines is 1. The van der Waals surface area contributed by atoms with Crippen LogP contribution in [0.15, 0.2) is 66.4 Å². The van der Waals surface area contributed by atoms with Crippen LogP contribution in [0.4, 0.5) is 19.0 Å². The Morgan fingerprint density at radius 2 is 1.71 bits per heavy atom. The van der Waals surface area contributed by atoms with Crippen molar-refractivity contribution in [2.24, 2.45) is 23.7 Å². The third-order valence-electron chi connectivity index (χ3n) is 10.1. The molecular weight excluding hydrogens is 692 g/mol. The fraction of sp³-hybridized carbons (Fsp3) is 0.303. The number of pyridine rings is 1. The van der Waals surface area contributed by atoms with E-state index < -0.39 is 81.2 Å². The summed E-state index contributed by atoms with van der Waals surface area (Å²) < 4.78 is 45.7. The number of ether oxygens (including phenoxy) is 1. The van der Waals surface area contributed by atoms with Gasteiger partial charge in [-0.1, -0.05) is 53.1 Å². The summed E-state index contributed by atoms with van der Waals surface area (Å²) in [5.74, 6) is -8.74. The second-order valence-electron chi connectivity index (χ2n) is 12.3. The summed E-state index contributed by atoms with van der Waals surface area (Å²) in [5.41, 5.74) is 0.841. The van der Waals surface area contributed by atoms with Gasteiger partial charge in [0.25, 0.3) is 23.6 Å². The molecule has 2 saturated heterocycles. The lowest BCUT2D eigenvalue weighted by Crippen LogP contribution is -2.53. The highest BCUT2D eigenvalue weighted by molar-refractivity contribution is 6.33. The Hall–Kier alpha value is -4.66. The van der Waals surface area contributed by atoms with Gasteiger partial charge in [0, 0.05) is 28.8 Å². The topological polar surface area (TPSA) is 149 Å². The van der Waals surface area contributed by atoms with Gasteiger partial charge in [-0.15, -0.1) is 0 Å². The summed E-state index contributed by atoms with van der Waals surface area (Å²) in [7, 11) is 1.35. The van der Waals surface area contributed by atoms with Crippen LogP contribution in [-0.2, 0) is 30.8 Å². The molecule has 2 aromatic carbocycles. The van der Waals surface area contributed by atoms with Crippen LogP contribution >= 0.6 is 23.2 Å².